The van der Waals surface area contributed by atoms with Gasteiger partial charge in [0, 0.05) is 28.2 Å². The van der Waals surface area contributed by atoms with Crippen LogP contribution in [0.2, 0.25) is 0 Å². The van der Waals surface area contributed by atoms with Crippen molar-refractivity contribution in [2.24, 2.45) is 0 Å². The van der Waals surface area contributed by atoms with E-state index in [2.05, 4.69) is 21.2 Å². The molecule has 3 nitrogen and oxygen atoms in total. The van der Waals surface area contributed by atoms with Gasteiger partial charge in [-0.3, -0.25) is 9.59 Å². The molecular weight excluding hydrogens is 318 g/mol. The summed E-state index contributed by atoms with van der Waals surface area (Å²) in [5.41, 5.74) is 2.99. The first-order valence-electron chi connectivity index (χ1n) is 6.16. The van der Waals surface area contributed by atoms with Gasteiger partial charge in [0.25, 0.3) is 0 Å². The maximum Gasteiger partial charge on any atom is 0.221 e. The Labute approximate surface area is 126 Å². The second-order valence-corrected chi connectivity index (χ2v) is 5.41. The standard InChI is InChI=1S/C16H14BrNO2/c1-10-3-4-13(9-15(10)17)16(20)12-5-7-14(8-6-12)18-11(2)19/h3-9H,1-2H3,(H,18,19). The lowest BCUT2D eigenvalue weighted by molar-refractivity contribution is -0.114. The van der Waals surface area contributed by atoms with Crippen LogP contribution in [-0.4, -0.2) is 11.7 Å². The van der Waals surface area contributed by atoms with E-state index in [-0.39, 0.29) is 11.7 Å². The largest absolute Gasteiger partial charge is 0.326 e. The number of benzene rings is 2. The van der Waals surface area contributed by atoms with Crippen molar-refractivity contribution in [2.75, 3.05) is 5.32 Å². The third-order valence-electron chi connectivity index (χ3n) is 2.90. The van der Waals surface area contributed by atoms with Gasteiger partial charge in [0.05, 0.1) is 0 Å². The SMILES string of the molecule is CC(=O)Nc1ccc(C(=O)c2ccc(C)c(Br)c2)cc1. The Balaban J connectivity index is 2.24. The number of halogens is 1. The maximum atomic E-state index is 12.3. The van der Waals surface area contributed by atoms with Crippen LogP contribution in [0.3, 0.4) is 0 Å². The highest BCUT2D eigenvalue weighted by molar-refractivity contribution is 9.10. The van der Waals surface area contributed by atoms with Crippen LogP contribution in [0.5, 0.6) is 0 Å². The second-order valence-electron chi connectivity index (χ2n) is 4.55. The number of hydrogen-bond donors (Lipinski definition) is 1. The average Bonchev–Trinajstić information content (AvgIpc) is 2.41. The van der Waals surface area contributed by atoms with Gasteiger partial charge in [0.15, 0.2) is 5.78 Å². The maximum absolute atomic E-state index is 12.3. The van der Waals surface area contributed by atoms with Crippen LogP contribution in [0.4, 0.5) is 5.69 Å². The molecule has 0 atom stereocenters. The molecule has 0 spiro atoms. The molecule has 0 heterocycles. The number of amides is 1. The third kappa shape index (κ3) is 3.33. The fraction of sp³-hybridized carbons (Fsp3) is 0.125. The molecule has 0 unspecified atom stereocenters. The highest BCUT2D eigenvalue weighted by Gasteiger charge is 2.10. The summed E-state index contributed by atoms with van der Waals surface area (Å²) in [4.78, 5) is 23.3. The number of aryl methyl sites for hydroxylation is 1. The van der Waals surface area contributed by atoms with E-state index < -0.39 is 0 Å². The van der Waals surface area contributed by atoms with Crippen molar-refractivity contribution in [1.29, 1.82) is 0 Å². The first-order valence-corrected chi connectivity index (χ1v) is 6.95. The average molecular weight is 332 g/mol. The predicted octanol–water partition coefficient (Wildman–Crippen LogP) is 3.95. The van der Waals surface area contributed by atoms with Gasteiger partial charge in [-0.15, -0.1) is 0 Å². The Kier molecular flexibility index (Phi) is 4.35. The molecule has 0 aromatic heterocycles. The molecule has 1 amide bonds. The summed E-state index contributed by atoms with van der Waals surface area (Å²) < 4.78 is 0.915. The number of ketones is 1. The van der Waals surface area contributed by atoms with Crippen LogP contribution in [0.1, 0.15) is 28.4 Å². The summed E-state index contributed by atoms with van der Waals surface area (Å²) in [6.07, 6.45) is 0. The van der Waals surface area contributed by atoms with Gasteiger partial charge < -0.3 is 5.32 Å². The zero-order valence-electron chi connectivity index (χ0n) is 11.2. The van der Waals surface area contributed by atoms with E-state index in [4.69, 9.17) is 0 Å². The van der Waals surface area contributed by atoms with Crippen LogP contribution in [0, 0.1) is 6.92 Å². The van der Waals surface area contributed by atoms with Crippen LogP contribution in [-0.2, 0) is 4.79 Å². The summed E-state index contributed by atoms with van der Waals surface area (Å²) in [6, 6.07) is 12.4. The number of carbonyl (C=O) groups is 2. The monoisotopic (exact) mass is 331 g/mol. The topological polar surface area (TPSA) is 46.2 Å². The second kappa shape index (κ2) is 6.01. The molecule has 0 saturated heterocycles. The minimum absolute atomic E-state index is 0.0416. The highest BCUT2D eigenvalue weighted by atomic mass is 79.9. The van der Waals surface area contributed by atoms with Crippen molar-refractivity contribution < 1.29 is 9.59 Å². The zero-order chi connectivity index (χ0) is 14.7. The molecule has 2 rings (SSSR count). The van der Waals surface area contributed by atoms with Crippen LogP contribution < -0.4 is 5.32 Å². The highest BCUT2D eigenvalue weighted by Crippen LogP contribution is 2.20. The molecule has 4 heteroatoms. The van der Waals surface area contributed by atoms with Crippen molar-refractivity contribution in [3.05, 3.63) is 63.6 Å². The Morgan fingerprint density at radius 2 is 1.60 bits per heavy atom. The van der Waals surface area contributed by atoms with Crippen molar-refractivity contribution in [1.82, 2.24) is 0 Å². The van der Waals surface area contributed by atoms with E-state index >= 15 is 0 Å². The molecule has 0 saturated carbocycles. The van der Waals surface area contributed by atoms with E-state index in [0.29, 0.717) is 16.8 Å². The quantitative estimate of drug-likeness (QED) is 0.865. The van der Waals surface area contributed by atoms with Gasteiger partial charge in [-0.05, 0) is 42.8 Å². The third-order valence-corrected chi connectivity index (χ3v) is 3.76. The minimum atomic E-state index is -0.133. The van der Waals surface area contributed by atoms with E-state index in [1.165, 1.54) is 6.92 Å². The molecule has 20 heavy (non-hydrogen) atoms. The Hall–Kier alpha value is -1.94. The first-order chi connectivity index (χ1) is 9.47. The zero-order valence-corrected chi connectivity index (χ0v) is 12.8. The Bertz CT molecular complexity index is 663. The number of carbonyl (C=O) groups excluding carboxylic acids is 2. The van der Waals surface area contributed by atoms with E-state index in [1.807, 2.05) is 25.1 Å². The van der Waals surface area contributed by atoms with Gasteiger partial charge >= 0.3 is 0 Å². The minimum Gasteiger partial charge on any atom is -0.326 e. The van der Waals surface area contributed by atoms with Crippen LogP contribution in [0.15, 0.2) is 46.9 Å². The van der Waals surface area contributed by atoms with Gasteiger partial charge in [-0.2, -0.15) is 0 Å². The number of nitrogens with one attached hydrogen (secondary N) is 1. The molecule has 0 fully saturated rings. The van der Waals surface area contributed by atoms with Crippen molar-refractivity contribution >= 4 is 33.3 Å². The summed E-state index contributed by atoms with van der Waals surface area (Å²) >= 11 is 3.43. The van der Waals surface area contributed by atoms with E-state index in [1.54, 1.807) is 24.3 Å². The molecule has 0 aliphatic carbocycles. The summed E-state index contributed by atoms with van der Waals surface area (Å²) in [5.74, 6) is -0.174. The van der Waals surface area contributed by atoms with Gasteiger partial charge in [0.2, 0.25) is 5.91 Å². The van der Waals surface area contributed by atoms with Gasteiger partial charge in [-0.1, -0.05) is 28.1 Å². The fourth-order valence-electron chi connectivity index (χ4n) is 1.81. The van der Waals surface area contributed by atoms with Crippen LogP contribution in [0.25, 0.3) is 0 Å². The summed E-state index contributed by atoms with van der Waals surface area (Å²) in [7, 11) is 0. The smallest absolute Gasteiger partial charge is 0.221 e. The molecule has 0 aliphatic heterocycles. The molecular formula is C16H14BrNO2. The number of hydrogen-bond acceptors (Lipinski definition) is 2. The predicted molar refractivity (Wildman–Crippen MR) is 83.1 cm³/mol. The van der Waals surface area contributed by atoms with Crippen molar-refractivity contribution in [3.63, 3.8) is 0 Å². The number of rotatable bonds is 3. The Morgan fingerprint density at radius 3 is 2.15 bits per heavy atom. The van der Waals surface area contributed by atoms with E-state index in [9.17, 15) is 9.59 Å². The fourth-order valence-corrected chi connectivity index (χ4v) is 2.19. The van der Waals surface area contributed by atoms with Gasteiger partial charge in [-0.25, -0.2) is 0 Å². The molecule has 2 aromatic rings. The Morgan fingerprint density at radius 1 is 1.00 bits per heavy atom. The lowest BCUT2D eigenvalue weighted by atomic mass is 10.0. The molecule has 2 aromatic carbocycles. The van der Waals surface area contributed by atoms with Crippen molar-refractivity contribution in [3.8, 4) is 0 Å². The lowest BCUT2D eigenvalue weighted by Crippen LogP contribution is -2.06. The molecule has 102 valence electrons. The van der Waals surface area contributed by atoms with Crippen molar-refractivity contribution in [2.45, 2.75) is 13.8 Å². The summed E-state index contributed by atoms with van der Waals surface area (Å²) in [5, 5.41) is 2.67. The van der Waals surface area contributed by atoms with Crippen LogP contribution >= 0.6 is 15.9 Å². The molecule has 1 N–H and O–H groups in total. The normalized spacial score (nSPS) is 10.2. The molecule has 0 bridgehead atoms. The molecule has 0 radical (unpaired) electrons. The number of anilines is 1. The van der Waals surface area contributed by atoms with Gasteiger partial charge in [0.1, 0.15) is 0 Å². The lowest BCUT2D eigenvalue weighted by Gasteiger charge is -2.06. The first kappa shape index (κ1) is 14.5. The molecule has 0 aliphatic rings. The van der Waals surface area contributed by atoms with E-state index in [0.717, 1.165) is 10.0 Å². The summed E-state index contributed by atoms with van der Waals surface area (Å²) in [6.45, 7) is 3.42.